The first-order chi connectivity index (χ1) is 5.13. The molecular formula is C11H23-. The maximum atomic E-state index is 2.37. The second kappa shape index (κ2) is 5.62. The number of hydrogen-bond acceptors (Lipinski definition) is 0. The molecule has 0 saturated carbocycles. The summed E-state index contributed by atoms with van der Waals surface area (Å²) < 4.78 is 0. The monoisotopic (exact) mass is 155 g/mol. The standard InChI is InChI=1S/C11H23/c1-6-8-11(9(3)4)10(5)7-2/h6,9-11H,7-8H2,1-5H3/q-1. The van der Waals surface area contributed by atoms with Crippen molar-refractivity contribution < 1.29 is 0 Å². The van der Waals surface area contributed by atoms with E-state index in [0.717, 1.165) is 17.8 Å². The summed E-state index contributed by atoms with van der Waals surface area (Å²) in [5.74, 6) is 2.61. The lowest BCUT2D eigenvalue weighted by Crippen LogP contribution is -2.17. The molecule has 68 valence electrons. The molecule has 11 heavy (non-hydrogen) atoms. The van der Waals surface area contributed by atoms with Crippen molar-refractivity contribution in [3.63, 3.8) is 0 Å². The van der Waals surface area contributed by atoms with Gasteiger partial charge in [-0.1, -0.05) is 40.0 Å². The van der Waals surface area contributed by atoms with E-state index in [1.54, 1.807) is 0 Å². The zero-order valence-corrected chi connectivity index (χ0v) is 8.72. The van der Waals surface area contributed by atoms with E-state index in [1.165, 1.54) is 12.8 Å². The highest BCUT2D eigenvalue weighted by Crippen LogP contribution is 2.27. The van der Waals surface area contributed by atoms with E-state index in [9.17, 15) is 0 Å². The summed E-state index contributed by atoms with van der Waals surface area (Å²) in [6.07, 6.45) is 4.90. The Hall–Kier alpha value is 0. The molecular weight excluding hydrogens is 132 g/mol. The summed E-state index contributed by atoms with van der Waals surface area (Å²) in [5.41, 5.74) is 0. The van der Waals surface area contributed by atoms with Gasteiger partial charge in [-0.05, 0) is 11.8 Å². The van der Waals surface area contributed by atoms with Crippen molar-refractivity contribution in [1.82, 2.24) is 0 Å². The fourth-order valence-corrected chi connectivity index (χ4v) is 1.74. The quantitative estimate of drug-likeness (QED) is 0.528. The molecule has 2 unspecified atom stereocenters. The molecule has 0 fully saturated rings. The predicted octanol–water partition coefficient (Wildman–Crippen LogP) is 3.92. The SMILES string of the molecule is C[CH-]CC(C(C)C)C(C)CC. The lowest BCUT2D eigenvalue weighted by Gasteiger charge is -2.29. The Morgan fingerprint density at radius 3 is 2.00 bits per heavy atom. The normalized spacial score (nSPS) is 16.9. The third-order valence-corrected chi connectivity index (χ3v) is 2.74. The Morgan fingerprint density at radius 2 is 1.73 bits per heavy atom. The Morgan fingerprint density at radius 1 is 1.18 bits per heavy atom. The van der Waals surface area contributed by atoms with Gasteiger partial charge in [0, 0.05) is 0 Å². The third kappa shape index (κ3) is 3.79. The average Bonchev–Trinajstić information content (AvgIpc) is 1.98. The first-order valence-electron chi connectivity index (χ1n) is 4.91. The molecule has 0 radical (unpaired) electrons. The minimum Gasteiger partial charge on any atom is -0.331 e. The average molecular weight is 155 g/mol. The molecule has 0 N–H and O–H groups in total. The molecule has 0 aromatic heterocycles. The molecule has 0 nitrogen and oxygen atoms in total. The maximum Gasteiger partial charge on any atom is -0.0439 e. The largest absolute Gasteiger partial charge is 0.331 e. The van der Waals surface area contributed by atoms with Gasteiger partial charge in [-0.25, -0.2) is 0 Å². The van der Waals surface area contributed by atoms with Crippen molar-refractivity contribution in [1.29, 1.82) is 0 Å². The summed E-state index contributed by atoms with van der Waals surface area (Å²) >= 11 is 0. The maximum absolute atomic E-state index is 2.37. The van der Waals surface area contributed by atoms with Gasteiger partial charge in [0.2, 0.25) is 0 Å². The van der Waals surface area contributed by atoms with E-state index in [0.29, 0.717) is 0 Å². The summed E-state index contributed by atoms with van der Waals surface area (Å²) in [4.78, 5) is 0. The van der Waals surface area contributed by atoms with E-state index >= 15 is 0 Å². The number of rotatable bonds is 5. The molecule has 0 bridgehead atoms. The van der Waals surface area contributed by atoms with Crippen LogP contribution in [0.1, 0.15) is 47.5 Å². The highest BCUT2D eigenvalue weighted by atomic mass is 14.2. The highest BCUT2D eigenvalue weighted by Gasteiger charge is 2.14. The van der Waals surface area contributed by atoms with E-state index in [4.69, 9.17) is 0 Å². The number of hydrogen-bond donors (Lipinski definition) is 0. The van der Waals surface area contributed by atoms with Crippen LogP contribution in [-0.4, -0.2) is 0 Å². The van der Waals surface area contributed by atoms with Crippen LogP contribution in [0, 0.1) is 24.2 Å². The van der Waals surface area contributed by atoms with Crippen molar-refractivity contribution >= 4 is 0 Å². The van der Waals surface area contributed by atoms with Crippen LogP contribution in [0.15, 0.2) is 0 Å². The third-order valence-electron chi connectivity index (χ3n) is 2.74. The topological polar surface area (TPSA) is 0 Å². The van der Waals surface area contributed by atoms with Crippen LogP contribution < -0.4 is 0 Å². The van der Waals surface area contributed by atoms with Gasteiger partial charge < -0.3 is 6.42 Å². The second-order valence-corrected chi connectivity index (χ2v) is 3.94. The van der Waals surface area contributed by atoms with Gasteiger partial charge in [0.1, 0.15) is 0 Å². The van der Waals surface area contributed by atoms with Crippen molar-refractivity contribution in [3.05, 3.63) is 6.42 Å². The van der Waals surface area contributed by atoms with Gasteiger partial charge in [0.15, 0.2) is 0 Å². The van der Waals surface area contributed by atoms with Gasteiger partial charge in [0.25, 0.3) is 0 Å². The molecule has 0 aliphatic heterocycles. The molecule has 0 aromatic rings. The predicted molar refractivity (Wildman–Crippen MR) is 52.4 cm³/mol. The van der Waals surface area contributed by atoms with Gasteiger partial charge in [-0.15, -0.1) is 0 Å². The molecule has 0 aliphatic rings. The highest BCUT2D eigenvalue weighted by molar-refractivity contribution is 4.73. The van der Waals surface area contributed by atoms with Gasteiger partial charge in [-0.2, -0.15) is 13.3 Å². The first kappa shape index (κ1) is 11.0. The molecule has 0 aliphatic carbocycles. The fraction of sp³-hybridized carbons (Fsp3) is 0.909. The molecule has 0 heterocycles. The van der Waals surface area contributed by atoms with Crippen LogP contribution >= 0.6 is 0 Å². The zero-order chi connectivity index (χ0) is 8.85. The van der Waals surface area contributed by atoms with Crippen LogP contribution in [0.2, 0.25) is 0 Å². The first-order valence-corrected chi connectivity index (χ1v) is 4.91. The molecule has 0 aromatic carbocycles. The van der Waals surface area contributed by atoms with Crippen LogP contribution in [-0.2, 0) is 0 Å². The molecule has 0 spiro atoms. The molecule has 0 amide bonds. The van der Waals surface area contributed by atoms with Crippen molar-refractivity contribution in [2.24, 2.45) is 17.8 Å². The Kier molecular flexibility index (Phi) is 5.62. The summed E-state index contributed by atoms with van der Waals surface area (Å²) in [7, 11) is 0. The van der Waals surface area contributed by atoms with Crippen LogP contribution in [0.25, 0.3) is 0 Å². The van der Waals surface area contributed by atoms with Crippen LogP contribution in [0.4, 0.5) is 0 Å². The Balaban J connectivity index is 3.87. The second-order valence-electron chi connectivity index (χ2n) is 3.94. The van der Waals surface area contributed by atoms with Crippen molar-refractivity contribution in [2.75, 3.05) is 0 Å². The molecule has 0 heteroatoms. The van der Waals surface area contributed by atoms with E-state index in [1.807, 2.05) is 0 Å². The minimum absolute atomic E-state index is 0.834. The van der Waals surface area contributed by atoms with Gasteiger partial charge >= 0.3 is 0 Å². The van der Waals surface area contributed by atoms with Crippen LogP contribution in [0.5, 0.6) is 0 Å². The minimum atomic E-state index is 0.834. The summed E-state index contributed by atoms with van der Waals surface area (Å²) in [6.45, 7) is 11.5. The van der Waals surface area contributed by atoms with Crippen LogP contribution in [0.3, 0.4) is 0 Å². The van der Waals surface area contributed by atoms with Crippen molar-refractivity contribution in [3.8, 4) is 0 Å². The lowest BCUT2D eigenvalue weighted by molar-refractivity contribution is 0.260. The Labute approximate surface area is 72.4 Å². The van der Waals surface area contributed by atoms with E-state index < -0.39 is 0 Å². The fourth-order valence-electron chi connectivity index (χ4n) is 1.74. The summed E-state index contributed by atoms with van der Waals surface area (Å²) in [5, 5.41) is 0. The summed E-state index contributed by atoms with van der Waals surface area (Å²) in [6, 6.07) is 0. The van der Waals surface area contributed by atoms with Gasteiger partial charge in [0.05, 0.1) is 0 Å². The van der Waals surface area contributed by atoms with Gasteiger partial charge in [-0.3, -0.25) is 0 Å². The van der Waals surface area contributed by atoms with E-state index in [-0.39, 0.29) is 0 Å². The molecule has 0 saturated heterocycles. The molecule has 0 rings (SSSR count). The zero-order valence-electron chi connectivity index (χ0n) is 8.72. The smallest absolute Gasteiger partial charge is 0.0439 e. The van der Waals surface area contributed by atoms with E-state index in [2.05, 4.69) is 41.0 Å². The van der Waals surface area contributed by atoms with Crippen molar-refractivity contribution in [2.45, 2.75) is 47.5 Å². The lowest BCUT2D eigenvalue weighted by atomic mass is 9.80. The molecule has 2 atom stereocenters. The Bertz CT molecular complexity index is 84.0.